The number of rotatable bonds is 1. The minimum absolute atomic E-state index is 0.131. The molecule has 13 heavy (non-hydrogen) atoms. The fourth-order valence-electron chi connectivity index (χ4n) is 1.18. The molecule has 68 valence electrons. The number of thioether (sulfide) groups is 1. The third-order valence-corrected chi connectivity index (χ3v) is 2.36. The summed E-state index contributed by atoms with van der Waals surface area (Å²) in [6.07, 6.45) is 1.94. The van der Waals surface area contributed by atoms with Gasteiger partial charge in [0, 0.05) is 0 Å². The van der Waals surface area contributed by atoms with Gasteiger partial charge in [-0.2, -0.15) is 0 Å². The van der Waals surface area contributed by atoms with Crippen LogP contribution in [0.25, 0.3) is 0 Å². The van der Waals surface area contributed by atoms with Gasteiger partial charge >= 0.3 is 0 Å². The van der Waals surface area contributed by atoms with Crippen molar-refractivity contribution < 1.29 is 4.79 Å². The molecule has 0 radical (unpaired) electrons. The Balaban J connectivity index is 2.59. The van der Waals surface area contributed by atoms with Gasteiger partial charge < -0.3 is 10.3 Å². The fourth-order valence-corrected chi connectivity index (χ4v) is 1.56. The predicted molar refractivity (Wildman–Crippen MR) is 49.0 cm³/mol. The Kier molecular flexibility index (Phi) is 1.84. The number of amides is 1. The number of fused-ring (bicyclic) bond motifs is 1. The number of H-pyrrole nitrogens is 1. The second-order valence-corrected chi connectivity index (χ2v) is 3.42. The molecule has 0 unspecified atom stereocenters. The minimum atomic E-state index is -0.229. The standard InChI is InChI=1S/C7H7N3O2S/c1-13-7-9-5-3(6(12)10-7)2-4(11)8-5/h2H2,1H3,(H2,8,9,10,11,12). The number of carbonyl (C=O) groups is 1. The molecule has 0 fully saturated rings. The molecule has 1 amide bonds. The SMILES string of the molecule is CSc1nc2c(c(=O)[nH]1)CC(=O)N2. The van der Waals surface area contributed by atoms with Gasteiger partial charge in [-0.05, 0) is 6.26 Å². The van der Waals surface area contributed by atoms with Crippen LogP contribution < -0.4 is 10.9 Å². The first-order chi connectivity index (χ1) is 6.20. The van der Waals surface area contributed by atoms with Crippen molar-refractivity contribution in [2.75, 3.05) is 11.6 Å². The van der Waals surface area contributed by atoms with Crippen LogP contribution in [-0.2, 0) is 11.2 Å². The highest BCUT2D eigenvalue weighted by Gasteiger charge is 2.22. The normalized spacial score (nSPS) is 14.1. The lowest BCUT2D eigenvalue weighted by Gasteiger charge is -1.98. The fraction of sp³-hybridized carbons (Fsp3) is 0.286. The number of aromatic nitrogens is 2. The van der Waals surface area contributed by atoms with Crippen molar-refractivity contribution in [3.05, 3.63) is 15.9 Å². The average molecular weight is 197 g/mol. The summed E-state index contributed by atoms with van der Waals surface area (Å²) in [7, 11) is 0. The molecule has 1 aliphatic rings. The van der Waals surface area contributed by atoms with E-state index in [1.807, 2.05) is 0 Å². The van der Waals surface area contributed by atoms with E-state index in [4.69, 9.17) is 0 Å². The molecule has 2 heterocycles. The van der Waals surface area contributed by atoms with Crippen molar-refractivity contribution in [2.45, 2.75) is 11.6 Å². The van der Waals surface area contributed by atoms with E-state index >= 15 is 0 Å². The van der Waals surface area contributed by atoms with Crippen molar-refractivity contribution in [1.82, 2.24) is 9.97 Å². The van der Waals surface area contributed by atoms with Crippen molar-refractivity contribution >= 4 is 23.5 Å². The molecule has 0 aromatic carbocycles. The summed E-state index contributed by atoms with van der Waals surface area (Å²) in [5.74, 6) is 0.226. The Labute approximate surface area is 78.0 Å². The zero-order chi connectivity index (χ0) is 9.42. The maximum Gasteiger partial charge on any atom is 0.257 e. The molecule has 0 spiro atoms. The van der Waals surface area contributed by atoms with E-state index < -0.39 is 0 Å². The number of anilines is 1. The van der Waals surface area contributed by atoms with E-state index in [0.29, 0.717) is 16.5 Å². The van der Waals surface area contributed by atoms with Crippen molar-refractivity contribution in [2.24, 2.45) is 0 Å². The number of hydrogen-bond donors (Lipinski definition) is 2. The molecule has 6 heteroatoms. The van der Waals surface area contributed by atoms with Gasteiger partial charge in [-0.25, -0.2) is 4.98 Å². The van der Waals surface area contributed by atoms with Crippen LogP contribution >= 0.6 is 11.8 Å². The van der Waals surface area contributed by atoms with Crippen LogP contribution in [-0.4, -0.2) is 22.1 Å². The molecule has 1 aliphatic heterocycles. The van der Waals surface area contributed by atoms with Crippen LogP contribution in [0.2, 0.25) is 0 Å². The smallest absolute Gasteiger partial charge is 0.257 e. The highest BCUT2D eigenvalue weighted by atomic mass is 32.2. The van der Waals surface area contributed by atoms with Crippen LogP contribution in [0.5, 0.6) is 0 Å². The lowest BCUT2D eigenvalue weighted by Crippen LogP contribution is -2.13. The van der Waals surface area contributed by atoms with Crippen molar-refractivity contribution in [3.63, 3.8) is 0 Å². The van der Waals surface area contributed by atoms with Gasteiger partial charge in [0.1, 0.15) is 5.82 Å². The number of nitrogens with one attached hydrogen (secondary N) is 2. The minimum Gasteiger partial charge on any atom is -0.310 e. The quantitative estimate of drug-likeness (QED) is 0.490. The van der Waals surface area contributed by atoms with Gasteiger partial charge in [0.25, 0.3) is 5.56 Å². The van der Waals surface area contributed by atoms with Crippen molar-refractivity contribution in [1.29, 1.82) is 0 Å². The monoisotopic (exact) mass is 197 g/mol. The summed E-state index contributed by atoms with van der Waals surface area (Å²) < 4.78 is 0. The molecule has 0 bridgehead atoms. The molecule has 0 saturated heterocycles. The first-order valence-corrected chi connectivity index (χ1v) is 4.90. The summed E-state index contributed by atoms with van der Waals surface area (Å²) in [6.45, 7) is 0. The maximum absolute atomic E-state index is 11.3. The van der Waals surface area contributed by atoms with Gasteiger partial charge in [-0.1, -0.05) is 11.8 Å². The Hall–Kier alpha value is -1.30. The van der Waals surface area contributed by atoms with Crippen LogP contribution in [0, 0.1) is 0 Å². The Bertz CT molecular complexity index is 426. The topological polar surface area (TPSA) is 74.8 Å². The molecule has 1 aromatic heterocycles. The number of hydrogen-bond acceptors (Lipinski definition) is 4. The van der Waals surface area contributed by atoms with E-state index in [-0.39, 0.29) is 17.9 Å². The lowest BCUT2D eigenvalue weighted by atomic mass is 10.3. The van der Waals surface area contributed by atoms with Gasteiger partial charge in [-0.3, -0.25) is 9.59 Å². The summed E-state index contributed by atoms with van der Waals surface area (Å²) in [5, 5.41) is 3.05. The molecular weight excluding hydrogens is 190 g/mol. The van der Waals surface area contributed by atoms with Crippen LogP contribution in [0.15, 0.2) is 9.95 Å². The zero-order valence-corrected chi connectivity index (χ0v) is 7.70. The lowest BCUT2D eigenvalue weighted by molar-refractivity contribution is -0.115. The predicted octanol–water partition coefficient (Wildman–Crippen LogP) is -0.0136. The first-order valence-electron chi connectivity index (χ1n) is 3.67. The molecule has 0 aliphatic carbocycles. The highest BCUT2D eigenvalue weighted by molar-refractivity contribution is 7.98. The molecule has 2 rings (SSSR count). The first kappa shape index (κ1) is 8.31. The van der Waals surface area contributed by atoms with Crippen LogP contribution in [0.4, 0.5) is 5.82 Å². The summed E-state index contributed by atoms with van der Waals surface area (Å²) in [6, 6.07) is 0. The second kappa shape index (κ2) is 2.88. The van der Waals surface area contributed by atoms with Crippen LogP contribution in [0.3, 0.4) is 0 Å². The molecule has 2 N–H and O–H groups in total. The van der Waals surface area contributed by atoms with E-state index in [0.717, 1.165) is 0 Å². The molecule has 1 aromatic rings. The van der Waals surface area contributed by atoms with Crippen molar-refractivity contribution in [3.8, 4) is 0 Å². The van der Waals surface area contributed by atoms with Gasteiger partial charge in [0.2, 0.25) is 5.91 Å². The van der Waals surface area contributed by atoms with E-state index in [1.54, 1.807) is 6.26 Å². The average Bonchev–Trinajstić information content (AvgIpc) is 2.46. The highest BCUT2D eigenvalue weighted by Crippen LogP contribution is 2.18. The van der Waals surface area contributed by atoms with Gasteiger partial charge in [0.15, 0.2) is 5.16 Å². The van der Waals surface area contributed by atoms with Crippen LogP contribution in [0.1, 0.15) is 5.56 Å². The molecule has 0 atom stereocenters. The number of nitrogens with zero attached hydrogens (tertiary/aromatic N) is 1. The van der Waals surface area contributed by atoms with Gasteiger partial charge in [-0.15, -0.1) is 0 Å². The van der Waals surface area contributed by atoms with E-state index in [9.17, 15) is 9.59 Å². The largest absolute Gasteiger partial charge is 0.310 e. The molecule has 5 nitrogen and oxygen atoms in total. The summed E-state index contributed by atoms with van der Waals surface area (Å²) in [4.78, 5) is 28.9. The Morgan fingerprint density at radius 1 is 1.46 bits per heavy atom. The third-order valence-electron chi connectivity index (χ3n) is 1.78. The Morgan fingerprint density at radius 3 is 2.92 bits per heavy atom. The molecular formula is C7H7N3O2S. The summed E-state index contributed by atoms with van der Waals surface area (Å²) in [5.41, 5.74) is 0.204. The Morgan fingerprint density at radius 2 is 2.23 bits per heavy atom. The van der Waals surface area contributed by atoms with E-state index in [1.165, 1.54) is 11.8 Å². The number of aromatic amines is 1. The number of carbonyl (C=O) groups excluding carboxylic acids is 1. The second-order valence-electron chi connectivity index (χ2n) is 2.63. The molecule has 0 saturated carbocycles. The summed E-state index contributed by atoms with van der Waals surface area (Å²) >= 11 is 1.33. The van der Waals surface area contributed by atoms with Gasteiger partial charge in [0.05, 0.1) is 12.0 Å². The maximum atomic E-state index is 11.3. The van der Waals surface area contributed by atoms with E-state index in [2.05, 4.69) is 15.3 Å². The third kappa shape index (κ3) is 1.33. The zero-order valence-electron chi connectivity index (χ0n) is 6.88.